The third-order valence-corrected chi connectivity index (χ3v) is 3.31. The fraction of sp³-hybridized carbons (Fsp3) is 0.923. The number of rotatable bonds is 5. The van der Waals surface area contributed by atoms with Gasteiger partial charge < -0.3 is 10.6 Å². The average molecular weight is 226 g/mol. The number of hydrogen-bond acceptors (Lipinski definition) is 1. The van der Waals surface area contributed by atoms with E-state index in [0.29, 0.717) is 12.1 Å². The predicted molar refractivity (Wildman–Crippen MR) is 67.5 cm³/mol. The normalized spacial score (nSPS) is 19.1. The van der Waals surface area contributed by atoms with Crippen LogP contribution in [0.15, 0.2) is 0 Å². The first-order chi connectivity index (χ1) is 7.72. The summed E-state index contributed by atoms with van der Waals surface area (Å²) in [6.45, 7) is 4.25. The van der Waals surface area contributed by atoms with Crippen LogP contribution in [-0.4, -0.2) is 18.1 Å². The molecule has 0 bridgehead atoms. The smallest absolute Gasteiger partial charge is 0.315 e. The van der Waals surface area contributed by atoms with Crippen LogP contribution < -0.4 is 10.6 Å². The minimum Gasteiger partial charge on any atom is -0.336 e. The molecule has 0 aromatic heterocycles. The molecule has 1 atom stereocenters. The molecule has 3 nitrogen and oxygen atoms in total. The highest BCUT2D eigenvalue weighted by Gasteiger charge is 2.16. The van der Waals surface area contributed by atoms with Gasteiger partial charge >= 0.3 is 6.03 Å². The molecule has 0 aromatic carbocycles. The molecular formula is C13H26N2O. The zero-order valence-electron chi connectivity index (χ0n) is 10.7. The summed E-state index contributed by atoms with van der Waals surface area (Å²) in [6.07, 6.45) is 9.60. The van der Waals surface area contributed by atoms with Gasteiger partial charge in [-0.25, -0.2) is 4.79 Å². The molecule has 1 fully saturated rings. The van der Waals surface area contributed by atoms with Crippen LogP contribution in [0.25, 0.3) is 0 Å². The van der Waals surface area contributed by atoms with E-state index in [1.54, 1.807) is 0 Å². The van der Waals surface area contributed by atoms with Crippen molar-refractivity contribution in [2.24, 2.45) is 0 Å². The van der Waals surface area contributed by atoms with Crippen molar-refractivity contribution in [2.75, 3.05) is 0 Å². The third kappa shape index (κ3) is 5.38. The molecule has 2 N–H and O–H groups in total. The van der Waals surface area contributed by atoms with E-state index in [1.165, 1.54) is 32.1 Å². The summed E-state index contributed by atoms with van der Waals surface area (Å²) in [5.74, 6) is 0. The van der Waals surface area contributed by atoms with Gasteiger partial charge in [-0.3, -0.25) is 0 Å². The SMILES string of the molecule is CCCCC(C)NC(=O)NC1CCCCC1. The van der Waals surface area contributed by atoms with Crippen molar-refractivity contribution in [1.29, 1.82) is 0 Å². The van der Waals surface area contributed by atoms with Gasteiger partial charge in [0.05, 0.1) is 0 Å². The van der Waals surface area contributed by atoms with Crippen molar-refractivity contribution in [1.82, 2.24) is 10.6 Å². The number of unbranched alkanes of at least 4 members (excludes halogenated alkanes) is 1. The molecule has 1 aliphatic rings. The molecule has 1 aliphatic carbocycles. The molecule has 1 saturated carbocycles. The van der Waals surface area contributed by atoms with Crippen LogP contribution in [0.3, 0.4) is 0 Å². The molecule has 94 valence electrons. The van der Waals surface area contributed by atoms with Crippen LogP contribution in [0.1, 0.15) is 65.2 Å². The standard InChI is InChI=1S/C13H26N2O/c1-3-4-8-11(2)14-13(16)15-12-9-6-5-7-10-12/h11-12H,3-10H2,1-2H3,(H2,14,15,16). The van der Waals surface area contributed by atoms with Gasteiger partial charge in [-0.15, -0.1) is 0 Å². The van der Waals surface area contributed by atoms with E-state index in [0.717, 1.165) is 19.3 Å². The van der Waals surface area contributed by atoms with Crippen LogP contribution in [0, 0.1) is 0 Å². The number of hydrogen-bond donors (Lipinski definition) is 2. The van der Waals surface area contributed by atoms with Crippen molar-refractivity contribution in [3.05, 3.63) is 0 Å². The van der Waals surface area contributed by atoms with Crippen molar-refractivity contribution < 1.29 is 4.79 Å². The van der Waals surface area contributed by atoms with E-state index in [2.05, 4.69) is 24.5 Å². The Balaban J connectivity index is 2.13. The van der Waals surface area contributed by atoms with Gasteiger partial charge in [-0.2, -0.15) is 0 Å². The molecule has 3 heteroatoms. The predicted octanol–water partition coefficient (Wildman–Crippen LogP) is 3.20. The minimum absolute atomic E-state index is 0.0236. The van der Waals surface area contributed by atoms with Gasteiger partial charge in [0, 0.05) is 12.1 Å². The number of amides is 2. The lowest BCUT2D eigenvalue weighted by atomic mass is 9.96. The third-order valence-electron chi connectivity index (χ3n) is 3.31. The number of carbonyl (C=O) groups is 1. The van der Waals surface area contributed by atoms with E-state index in [9.17, 15) is 4.79 Å². The number of nitrogens with one attached hydrogen (secondary N) is 2. The molecule has 16 heavy (non-hydrogen) atoms. The second-order valence-corrected chi connectivity index (χ2v) is 5.00. The highest BCUT2D eigenvalue weighted by molar-refractivity contribution is 5.74. The summed E-state index contributed by atoms with van der Waals surface area (Å²) in [6, 6.07) is 0.728. The fourth-order valence-corrected chi connectivity index (χ4v) is 2.28. The van der Waals surface area contributed by atoms with Crippen molar-refractivity contribution in [3.8, 4) is 0 Å². The first-order valence-corrected chi connectivity index (χ1v) is 6.79. The Morgan fingerprint density at radius 1 is 1.31 bits per heavy atom. The molecule has 1 unspecified atom stereocenters. The van der Waals surface area contributed by atoms with Crippen molar-refractivity contribution >= 4 is 6.03 Å². The summed E-state index contributed by atoms with van der Waals surface area (Å²) < 4.78 is 0. The molecule has 1 rings (SSSR count). The van der Waals surface area contributed by atoms with Crippen molar-refractivity contribution in [2.45, 2.75) is 77.3 Å². The lowest BCUT2D eigenvalue weighted by molar-refractivity contribution is 0.229. The van der Waals surface area contributed by atoms with Crippen LogP contribution in [0.5, 0.6) is 0 Å². The fourth-order valence-electron chi connectivity index (χ4n) is 2.28. The van der Waals surface area contributed by atoms with Gasteiger partial charge in [-0.1, -0.05) is 39.0 Å². The molecule has 0 aromatic rings. The summed E-state index contributed by atoms with van der Waals surface area (Å²) in [7, 11) is 0. The van der Waals surface area contributed by atoms with Gasteiger partial charge in [0.15, 0.2) is 0 Å². The Kier molecular flexibility index (Phi) is 6.27. The molecule has 0 heterocycles. The highest BCUT2D eigenvalue weighted by Crippen LogP contribution is 2.17. The molecule has 0 aliphatic heterocycles. The second-order valence-electron chi connectivity index (χ2n) is 5.00. The first kappa shape index (κ1) is 13.3. The first-order valence-electron chi connectivity index (χ1n) is 6.79. The van der Waals surface area contributed by atoms with Crippen LogP contribution >= 0.6 is 0 Å². The summed E-state index contributed by atoms with van der Waals surface area (Å²) in [5.41, 5.74) is 0. The van der Waals surface area contributed by atoms with Gasteiger partial charge in [0.2, 0.25) is 0 Å². The molecule has 0 spiro atoms. The second kappa shape index (κ2) is 7.53. The van der Waals surface area contributed by atoms with Crippen LogP contribution in [0.2, 0.25) is 0 Å². The molecule has 0 saturated heterocycles. The summed E-state index contributed by atoms with van der Waals surface area (Å²) in [5, 5.41) is 6.09. The largest absolute Gasteiger partial charge is 0.336 e. The summed E-state index contributed by atoms with van der Waals surface area (Å²) in [4.78, 5) is 11.7. The molecular weight excluding hydrogens is 200 g/mol. The zero-order chi connectivity index (χ0) is 11.8. The minimum atomic E-state index is 0.0236. The van der Waals surface area contributed by atoms with E-state index in [1.807, 2.05) is 0 Å². The van der Waals surface area contributed by atoms with Crippen molar-refractivity contribution in [3.63, 3.8) is 0 Å². The molecule has 2 amide bonds. The number of urea groups is 1. The lowest BCUT2D eigenvalue weighted by Crippen LogP contribution is -2.45. The van der Waals surface area contributed by atoms with E-state index < -0.39 is 0 Å². The van der Waals surface area contributed by atoms with Crippen LogP contribution in [-0.2, 0) is 0 Å². The van der Waals surface area contributed by atoms with E-state index in [-0.39, 0.29) is 6.03 Å². The summed E-state index contributed by atoms with van der Waals surface area (Å²) >= 11 is 0. The lowest BCUT2D eigenvalue weighted by Gasteiger charge is -2.24. The zero-order valence-corrected chi connectivity index (χ0v) is 10.7. The van der Waals surface area contributed by atoms with Gasteiger partial charge in [0.25, 0.3) is 0 Å². The maximum absolute atomic E-state index is 11.7. The Bertz CT molecular complexity index is 200. The average Bonchev–Trinajstić information content (AvgIpc) is 2.27. The van der Waals surface area contributed by atoms with E-state index in [4.69, 9.17) is 0 Å². The maximum Gasteiger partial charge on any atom is 0.315 e. The van der Waals surface area contributed by atoms with E-state index >= 15 is 0 Å². The topological polar surface area (TPSA) is 41.1 Å². The Labute approximate surface area is 99.4 Å². The van der Waals surface area contributed by atoms with Gasteiger partial charge in [0.1, 0.15) is 0 Å². The Morgan fingerprint density at radius 3 is 2.62 bits per heavy atom. The maximum atomic E-state index is 11.7. The number of carbonyl (C=O) groups excluding carboxylic acids is 1. The highest BCUT2D eigenvalue weighted by atomic mass is 16.2. The Morgan fingerprint density at radius 2 is 2.00 bits per heavy atom. The quantitative estimate of drug-likeness (QED) is 0.742. The molecule has 0 radical (unpaired) electrons. The van der Waals surface area contributed by atoms with Gasteiger partial charge in [-0.05, 0) is 26.2 Å². The Hall–Kier alpha value is -0.730. The van der Waals surface area contributed by atoms with Crippen LogP contribution in [0.4, 0.5) is 4.79 Å². The monoisotopic (exact) mass is 226 g/mol.